The molecule has 1 aliphatic heterocycles. The Morgan fingerprint density at radius 1 is 1.38 bits per heavy atom. The van der Waals surface area contributed by atoms with Crippen LogP contribution in [0.1, 0.15) is 5.56 Å². The van der Waals surface area contributed by atoms with Gasteiger partial charge in [0.2, 0.25) is 0 Å². The third-order valence-electron chi connectivity index (χ3n) is 2.76. The minimum Gasteiger partial charge on any atom is -0.423 e. The second-order valence-corrected chi connectivity index (χ2v) is 10.0. The summed E-state index contributed by atoms with van der Waals surface area (Å²) in [5, 5.41) is 9.56. The fourth-order valence-corrected chi connectivity index (χ4v) is 3.58. The molecule has 86 valence electrons. The van der Waals surface area contributed by atoms with E-state index in [9.17, 15) is 13.8 Å². The summed E-state index contributed by atoms with van der Waals surface area (Å²) in [6, 6.07) is 1.20. The Labute approximate surface area is 94.4 Å². The Bertz CT molecular complexity index is 445. The highest BCUT2D eigenvalue weighted by Crippen LogP contribution is 2.17. The summed E-state index contributed by atoms with van der Waals surface area (Å²) in [5.74, 6) is -1.11. The minimum atomic E-state index is -2.07. The monoisotopic (exact) mass is 242 g/mol. The van der Waals surface area contributed by atoms with Crippen LogP contribution in [0.25, 0.3) is 0 Å². The lowest BCUT2D eigenvalue weighted by Gasteiger charge is -2.20. The summed E-state index contributed by atoms with van der Waals surface area (Å²) >= 11 is 0. The molecule has 16 heavy (non-hydrogen) atoms. The van der Waals surface area contributed by atoms with E-state index in [4.69, 9.17) is 4.65 Å². The van der Waals surface area contributed by atoms with Crippen molar-refractivity contribution in [3.8, 4) is 0 Å². The largest absolute Gasteiger partial charge is 0.491 e. The number of benzene rings is 1. The van der Waals surface area contributed by atoms with E-state index in [2.05, 4.69) is 0 Å². The van der Waals surface area contributed by atoms with Gasteiger partial charge in [-0.2, -0.15) is 0 Å². The maximum absolute atomic E-state index is 14.1. The fourth-order valence-electron chi connectivity index (χ4n) is 1.98. The van der Waals surface area contributed by atoms with Gasteiger partial charge in [0.1, 0.15) is 11.6 Å². The summed E-state index contributed by atoms with van der Waals surface area (Å²) in [5.41, 5.74) is 0.517. The van der Waals surface area contributed by atoms with Crippen molar-refractivity contribution in [3.05, 3.63) is 23.3 Å². The Balaban J connectivity index is 2.67. The number of fused-ring (bicyclic) bond motifs is 1. The molecule has 0 amide bonds. The van der Waals surface area contributed by atoms with Crippen LogP contribution in [0.4, 0.5) is 8.78 Å². The molecular weight excluding hydrogens is 229 g/mol. The van der Waals surface area contributed by atoms with Gasteiger partial charge in [-0.05, 0) is 11.5 Å². The Morgan fingerprint density at radius 3 is 2.56 bits per heavy atom. The lowest BCUT2D eigenvalue weighted by Crippen LogP contribution is -2.45. The topological polar surface area (TPSA) is 29.5 Å². The normalized spacial score (nSPS) is 15.5. The van der Waals surface area contributed by atoms with Gasteiger partial charge in [0, 0.05) is 10.8 Å². The maximum atomic E-state index is 14.1. The molecule has 0 saturated heterocycles. The Hall–Kier alpha value is -0.718. The van der Waals surface area contributed by atoms with Crippen molar-refractivity contribution in [2.24, 2.45) is 0 Å². The molecule has 1 aromatic carbocycles. The molecule has 1 heterocycles. The molecule has 1 aromatic rings. The predicted octanol–water partition coefficient (Wildman–Crippen LogP) is 0.728. The van der Waals surface area contributed by atoms with Gasteiger partial charge < -0.3 is 9.68 Å². The van der Waals surface area contributed by atoms with Crippen LogP contribution in [0.5, 0.6) is 0 Å². The highest BCUT2D eigenvalue weighted by atomic mass is 28.3. The molecule has 0 spiro atoms. The van der Waals surface area contributed by atoms with E-state index in [1.54, 1.807) is 0 Å². The summed E-state index contributed by atoms with van der Waals surface area (Å²) in [6.07, 6.45) is 0. The molecule has 2 rings (SSSR count). The van der Waals surface area contributed by atoms with Crippen LogP contribution >= 0.6 is 0 Å². The summed E-state index contributed by atoms with van der Waals surface area (Å²) < 4.78 is 32.8. The van der Waals surface area contributed by atoms with E-state index in [0.29, 0.717) is 5.56 Å². The quantitative estimate of drug-likeness (QED) is 0.735. The Morgan fingerprint density at radius 2 is 2.00 bits per heavy atom. The first kappa shape index (κ1) is 11.8. The van der Waals surface area contributed by atoms with Crippen molar-refractivity contribution >= 4 is 25.8 Å². The highest BCUT2D eigenvalue weighted by molar-refractivity contribution is 6.88. The number of hydrogen-bond donors (Lipinski definition) is 1. The molecule has 2 nitrogen and oxygen atoms in total. The molecule has 0 fully saturated rings. The van der Waals surface area contributed by atoms with Crippen molar-refractivity contribution in [2.45, 2.75) is 26.2 Å². The lowest BCUT2D eigenvalue weighted by atomic mass is 9.79. The molecular formula is C10H13BF2O2Si. The van der Waals surface area contributed by atoms with E-state index < -0.39 is 26.8 Å². The number of halogens is 2. The molecule has 1 N–H and O–H groups in total. The van der Waals surface area contributed by atoms with Crippen molar-refractivity contribution in [1.29, 1.82) is 0 Å². The first-order valence-corrected chi connectivity index (χ1v) is 8.63. The van der Waals surface area contributed by atoms with Crippen LogP contribution in [0.2, 0.25) is 19.6 Å². The number of hydrogen-bond acceptors (Lipinski definition) is 2. The minimum absolute atomic E-state index is 0.0140. The molecule has 0 bridgehead atoms. The highest BCUT2D eigenvalue weighted by Gasteiger charge is 2.35. The smallest absolute Gasteiger partial charge is 0.423 e. The third-order valence-corrected chi connectivity index (χ3v) is 4.71. The zero-order valence-corrected chi connectivity index (χ0v) is 10.5. The van der Waals surface area contributed by atoms with E-state index in [-0.39, 0.29) is 17.3 Å². The van der Waals surface area contributed by atoms with Crippen LogP contribution in [0.3, 0.4) is 0 Å². The summed E-state index contributed by atoms with van der Waals surface area (Å²) in [7, 11) is -3.27. The van der Waals surface area contributed by atoms with Crippen LogP contribution < -0.4 is 10.6 Å². The summed E-state index contributed by atoms with van der Waals surface area (Å²) in [6.45, 7) is 5.66. The van der Waals surface area contributed by atoms with Crippen molar-refractivity contribution in [2.75, 3.05) is 0 Å². The maximum Gasteiger partial charge on any atom is 0.491 e. The summed E-state index contributed by atoms with van der Waals surface area (Å²) in [4.78, 5) is 0. The second-order valence-electron chi connectivity index (χ2n) is 5.03. The van der Waals surface area contributed by atoms with E-state index >= 15 is 0 Å². The van der Waals surface area contributed by atoms with Crippen molar-refractivity contribution < 1.29 is 18.5 Å². The Kier molecular flexibility index (Phi) is 2.68. The van der Waals surface area contributed by atoms with Gasteiger partial charge in [-0.3, -0.25) is 0 Å². The van der Waals surface area contributed by atoms with Gasteiger partial charge >= 0.3 is 7.12 Å². The van der Waals surface area contributed by atoms with Crippen molar-refractivity contribution in [3.63, 3.8) is 0 Å². The van der Waals surface area contributed by atoms with Gasteiger partial charge in [-0.1, -0.05) is 19.6 Å². The molecule has 0 aliphatic carbocycles. The molecule has 0 unspecified atom stereocenters. The zero-order valence-electron chi connectivity index (χ0n) is 9.47. The molecule has 0 aromatic heterocycles. The van der Waals surface area contributed by atoms with Gasteiger partial charge in [0.25, 0.3) is 0 Å². The molecule has 0 atom stereocenters. The first-order valence-electron chi connectivity index (χ1n) is 5.13. The van der Waals surface area contributed by atoms with Crippen LogP contribution in [0.15, 0.2) is 6.07 Å². The fraction of sp³-hybridized carbons (Fsp3) is 0.400. The molecule has 1 aliphatic rings. The SMILES string of the molecule is C[Si](C)(C)c1c(F)cc2c(c1F)COB2O. The lowest BCUT2D eigenvalue weighted by molar-refractivity contribution is 0.272. The first-order chi connectivity index (χ1) is 7.32. The number of rotatable bonds is 1. The van der Waals surface area contributed by atoms with Crippen molar-refractivity contribution in [1.82, 2.24) is 0 Å². The molecule has 0 radical (unpaired) electrons. The second kappa shape index (κ2) is 3.65. The van der Waals surface area contributed by atoms with Gasteiger partial charge in [0.05, 0.1) is 14.7 Å². The van der Waals surface area contributed by atoms with Gasteiger partial charge in [-0.15, -0.1) is 0 Å². The van der Waals surface area contributed by atoms with E-state index in [1.807, 2.05) is 19.6 Å². The van der Waals surface area contributed by atoms with E-state index in [0.717, 1.165) is 0 Å². The predicted molar refractivity (Wildman–Crippen MR) is 61.7 cm³/mol. The van der Waals surface area contributed by atoms with Crippen LogP contribution in [-0.2, 0) is 11.3 Å². The average molecular weight is 242 g/mol. The van der Waals surface area contributed by atoms with E-state index in [1.165, 1.54) is 6.07 Å². The average Bonchev–Trinajstić information content (AvgIpc) is 2.46. The van der Waals surface area contributed by atoms with Gasteiger partial charge in [0.15, 0.2) is 0 Å². The third kappa shape index (κ3) is 1.70. The molecule has 6 heteroatoms. The van der Waals surface area contributed by atoms with Crippen LogP contribution in [-0.4, -0.2) is 20.2 Å². The van der Waals surface area contributed by atoms with Gasteiger partial charge in [-0.25, -0.2) is 8.78 Å². The standard InChI is InChI=1S/C10H13BF2O2Si/c1-16(2,3)10-8(12)4-7-6(9(10)13)5-15-11(7)14/h4,14H,5H2,1-3H3. The molecule has 0 saturated carbocycles. The zero-order chi connectivity index (χ0) is 12.1. The van der Waals surface area contributed by atoms with Crippen LogP contribution in [0, 0.1) is 11.6 Å².